The molecule has 1 rings (SSSR count). The van der Waals surface area contributed by atoms with Crippen LogP contribution in [-0.2, 0) is 10.0 Å². The van der Waals surface area contributed by atoms with E-state index < -0.39 is 10.0 Å². The monoisotopic (exact) mass is 299 g/mol. The zero-order valence-electron chi connectivity index (χ0n) is 12.9. The number of anilines is 1. The molecule has 0 aromatic heterocycles. The number of nitrogens with zero attached hydrogens (tertiary/aromatic N) is 1. The Kier molecular flexibility index (Phi) is 5.56. The molecule has 0 aliphatic rings. The third-order valence-electron chi connectivity index (χ3n) is 3.67. The molecule has 114 valence electrons. The van der Waals surface area contributed by atoms with Gasteiger partial charge in [-0.3, -0.25) is 0 Å². The standard InChI is InChI=1S/C14H25N3O2S/c1-6-17(5)8-7-16-20(18,19)14-11(3)10(2)9-13(15)12(14)4/h9,16H,6-8,15H2,1-5H3. The maximum Gasteiger partial charge on any atom is 0.241 e. The zero-order chi connectivity index (χ0) is 15.5. The fraction of sp³-hybridized carbons (Fsp3) is 0.571. The maximum absolute atomic E-state index is 12.5. The van der Waals surface area contributed by atoms with Crippen molar-refractivity contribution in [3.63, 3.8) is 0 Å². The van der Waals surface area contributed by atoms with Crippen molar-refractivity contribution in [2.75, 3.05) is 32.4 Å². The molecule has 0 unspecified atom stereocenters. The number of nitrogen functional groups attached to an aromatic ring is 1. The summed E-state index contributed by atoms with van der Waals surface area (Å²) in [5.74, 6) is 0. The Morgan fingerprint density at radius 1 is 1.25 bits per heavy atom. The first-order chi connectivity index (χ1) is 9.20. The first-order valence-corrected chi connectivity index (χ1v) is 8.23. The zero-order valence-corrected chi connectivity index (χ0v) is 13.8. The van der Waals surface area contributed by atoms with E-state index >= 15 is 0 Å². The molecule has 0 aliphatic heterocycles. The van der Waals surface area contributed by atoms with Gasteiger partial charge in [0.05, 0.1) is 4.90 Å². The molecule has 0 heterocycles. The van der Waals surface area contributed by atoms with E-state index in [1.165, 1.54) is 0 Å². The summed E-state index contributed by atoms with van der Waals surface area (Å²) in [4.78, 5) is 2.36. The average molecular weight is 299 g/mol. The van der Waals surface area contributed by atoms with E-state index in [1.54, 1.807) is 6.92 Å². The van der Waals surface area contributed by atoms with Gasteiger partial charge in [0.25, 0.3) is 0 Å². The first-order valence-electron chi connectivity index (χ1n) is 6.75. The van der Waals surface area contributed by atoms with Crippen LogP contribution in [0.1, 0.15) is 23.6 Å². The van der Waals surface area contributed by atoms with Crippen LogP contribution in [0, 0.1) is 20.8 Å². The van der Waals surface area contributed by atoms with Gasteiger partial charge >= 0.3 is 0 Å². The number of hydrogen-bond acceptors (Lipinski definition) is 4. The summed E-state index contributed by atoms with van der Waals surface area (Å²) in [7, 11) is -1.57. The molecule has 1 aromatic rings. The molecular formula is C14H25N3O2S. The van der Waals surface area contributed by atoms with Gasteiger partial charge in [-0.15, -0.1) is 0 Å². The average Bonchev–Trinajstić information content (AvgIpc) is 2.36. The summed E-state index contributed by atoms with van der Waals surface area (Å²) >= 11 is 0. The number of hydrogen-bond donors (Lipinski definition) is 2. The molecule has 0 radical (unpaired) electrons. The normalized spacial score (nSPS) is 12.1. The van der Waals surface area contributed by atoms with E-state index in [-0.39, 0.29) is 0 Å². The van der Waals surface area contributed by atoms with Gasteiger partial charge in [0.1, 0.15) is 0 Å². The minimum Gasteiger partial charge on any atom is -0.398 e. The predicted octanol–water partition coefficient (Wildman–Crippen LogP) is 1.42. The van der Waals surface area contributed by atoms with E-state index in [2.05, 4.69) is 4.72 Å². The fourth-order valence-electron chi connectivity index (χ4n) is 2.05. The molecule has 20 heavy (non-hydrogen) atoms. The van der Waals surface area contributed by atoms with Gasteiger partial charge in [-0.25, -0.2) is 13.1 Å². The van der Waals surface area contributed by atoms with Crippen molar-refractivity contribution in [3.8, 4) is 0 Å². The molecule has 0 bridgehead atoms. The number of rotatable bonds is 6. The van der Waals surface area contributed by atoms with Gasteiger partial charge in [0.2, 0.25) is 10.0 Å². The van der Waals surface area contributed by atoms with E-state index in [4.69, 9.17) is 5.73 Å². The van der Waals surface area contributed by atoms with Crippen LogP contribution in [0.2, 0.25) is 0 Å². The van der Waals surface area contributed by atoms with Crippen molar-refractivity contribution in [2.24, 2.45) is 0 Å². The van der Waals surface area contributed by atoms with Crippen molar-refractivity contribution < 1.29 is 8.42 Å². The van der Waals surface area contributed by atoms with Gasteiger partial charge in [0.15, 0.2) is 0 Å². The third kappa shape index (κ3) is 3.71. The summed E-state index contributed by atoms with van der Waals surface area (Å²) in [5, 5.41) is 0. The van der Waals surface area contributed by atoms with Crippen LogP contribution in [-0.4, -0.2) is 40.0 Å². The van der Waals surface area contributed by atoms with Crippen molar-refractivity contribution in [3.05, 3.63) is 22.8 Å². The van der Waals surface area contributed by atoms with Crippen LogP contribution >= 0.6 is 0 Å². The van der Waals surface area contributed by atoms with Crippen LogP contribution in [0.3, 0.4) is 0 Å². The van der Waals surface area contributed by atoms with Crippen LogP contribution in [0.4, 0.5) is 5.69 Å². The van der Waals surface area contributed by atoms with Crippen LogP contribution in [0.5, 0.6) is 0 Å². The number of nitrogens with one attached hydrogen (secondary N) is 1. The van der Waals surface area contributed by atoms with Crippen molar-refractivity contribution in [1.82, 2.24) is 9.62 Å². The predicted molar refractivity (Wildman–Crippen MR) is 83.4 cm³/mol. The Balaban J connectivity index is 3.04. The molecule has 0 saturated carbocycles. The fourth-order valence-corrected chi connectivity index (χ4v) is 3.63. The third-order valence-corrected chi connectivity index (χ3v) is 5.41. The number of benzene rings is 1. The van der Waals surface area contributed by atoms with Gasteiger partial charge < -0.3 is 10.6 Å². The smallest absolute Gasteiger partial charge is 0.241 e. The van der Waals surface area contributed by atoms with E-state index in [9.17, 15) is 8.42 Å². The lowest BCUT2D eigenvalue weighted by atomic mass is 10.1. The highest BCUT2D eigenvalue weighted by molar-refractivity contribution is 7.89. The van der Waals surface area contributed by atoms with Gasteiger partial charge in [-0.1, -0.05) is 6.92 Å². The number of likely N-dealkylation sites (N-methyl/N-ethyl adjacent to an activating group) is 1. The van der Waals surface area contributed by atoms with Gasteiger partial charge in [-0.05, 0) is 57.1 Å². The van der Waals surface area contributed by atoms with Crippen LogP contribution in [0.15, 0.2) is 11.0 Å². The van der Waals surface area contributed by atoms with Crippen molar-refractivity contribution in [1.29, 1.82) is 0 Å². The molecule has 0 atom stereocenters. The summed E-state index contributed by atoms with van der Waals surface area (Å²) in [5.41, 5.74) is 8.66. The second-order valence-electron chi connectivity index (χ2n) is 5.16. The number of sulfonamides is 1. The van der Waals surface area contributed by atoms with Crippen molar-refractivity contribution in [2.45, 2.75) is 32.6 Å². The molecular weight excluding hydrogens is 274 g/mol. The molecule has 0 aliphatic carbocycles. The topological polar surface area (TPSA) is 75.4 Å². The summed E-state index contributed by atoms with van der Waals surface area (Å²) < 4.78 is 27.6. The molecule has 6 heteroatoms. The van der Waals surface area contributed by atoms with E-state index in [1.807, 2.05) is 38.8 Å². The van der Waals surface area contributed by atoms with E-state index in [0.29, 0.717) is 29.2 Å². The second-order valence-corrected chi connectivity index (χ2v) is 6.86. The summed E-state index contributed by atoms with van der Waals surface area (Å²) in [6, 6.07) is 1.81. The molecule has 0 fully saturated rings. The van der Waals surface area contributed by atoms with Gasteiger partial charge in [-0.2, -0.15) is 0 Å². The minimum absolute atomic E-state index is 0.314. The Labute approximate surface area is 122 Å². The molecule has 1 aromatic carbocycles. The Morgan fingerprint density at radius 2 is 1.85 bits per heavy atom. The molecule has 5 nitrogen and oxygen atoms in total. The molecule has 0 spiro atoms. The molecule has 3 N–H and O–H groups in total. The lowest BCUT2D eigenvalue weighted by Gasteiger charge is -2.17. The quantitative estimate of drug-likeness (QED) is 0.779. The Hall–Kier alpha value is -1.11. The minimum atomic E-state index is -3.53. The second kappa shape index (κ2) is 6.56. The van der Waals surface area contributed by atoms with Gasteiger partial charge in [0, 0.05) is 18.8 Å². The SMILES string of the molecule is CCN(C)CCNS(=O)(=O)c1c(C)c(C)cc(N)c1C. The molecule has 0 saturated heterocycles. The highest BCUT2D eigenvalue weighted by atomic mass is 32.2. The largest absolute Gasteiger partial charge is 0.398 e. The Morgan fingerprint density at radius 3 is 2.40 bits per heavy atom. The van der Waals surface area contributed by atoms with Crippen LogP contribution in [0.25, 0.3) is 0 Å². The Bertz CT molecular complexity index is 556. The van der Waals surface area contributed by atoms with Crippen molar-refractivity contribution >= 4 is 15.7 Å². The highest BCUT2D eigenvalue weighted by Gasteiger charge is 2.21. The first kappa shape index (κ1) is 16.9. The maximum atomic E-state index is 12.5. The summed E-state index contributed by atoms with van der Waals surface area (Å²) in [6.07, 6.45) is 0. The molecule has 0 amide bonds. The summed E-state index contributed by atoms with van der Waals surface area (Å²) in [6.45, 7) is 9.41. The lowest BCUT2D eigenvalue weighted by molar-refractivity contribution is 0.358. The number of aryl methyl sites for hydroxylation is 1. The highest BCUT2D eigenvalue weighted by Crippen LogP contribution is 2.27. The van der Waals surface area contributed by atoms with Crippen LogP contribution < -0.4 is 10.5 Å². The van der Waals surface area contributed by atoms with E-state index in [0.717, 1.165) is 17.7 Å². The number of nitrogens with two attached hydrogens (primary N) is 1. The lowest BCUT2D eigenvalue weighted by Crippen LogP contribution is -2.33.